The molecule has 0 radical (unpaired) electrons. The van der Waals surface area contributed by atoms with Gasteiger partial charge in [-0.3, -0.25) is 4.68 Å². The summed E-state index contributed by atoms with van der Waals surface area (Å²) in [5.74, 6) is -0.863. The molecule has 1 aromatic heterocycles. The number of rotatable bonds is 2. The second-order valence-corrected chi connectivity index (χ2v) is 5.95. The van der Waals surface area contributed by atoms with Gasteiger partial charge in [-0.2, -0.15) is 0 Å². The first-order valence-corrected chi connectivity index (χ1v) is 6.98. The highest BCUT2D eigenvalue weighted by molar-refractivity contribution is 14.1. The summed E-state index contributed by atoms with van der Waals surface area (Å²) in [5, 5.41) is 11.4. The van der Waals surface area contributed by atoms with Crippen LogP contribution in [-0.4, -0.2) is 27.8 Å². The number of carboxylic acids is 1. The van der Waals surface area contributed by atoms with Gasteiger partial charge in [0.2, 0.25) is 0 Å². The maximum atomic E-state index is 11.2. The molecule has 2 heterocycles. The molecule has 0 aliphatic carbocycles. The van der Waals surface area contributed by atoms with Gasteiger partial charge in [0.15, 0.2) is 0 Å². The third-order valence-corrected chi connectivity index (χ3v) is 3.97. The van der Waals surface area contributed by atoms with E-state index < -0.39 is 5.97 Å². The fraction of sp³-hybridized carbons (Fsp3) is 0.583. The molecular formula is C12H17IN2O2. The molecule has 1 fully saturated rings. The Kier molecular flexibility index (Phi) is 3.65. The molecule has 1 aliphatic rings. The summed E-state index contributed by atoms with van der Waals surface area (Å²) in [6, 6.07) is 2.50. The largest absolute Gasteiger partial charge is 0.477 e. The summed E-state index contributed by atoms with van der Waals surface area (Å²) in [4.78, 5) is 11.2. The van der Waals surface area contributed by atoms with E-state index in [9.17, 15) is 9.90 Å². The maximum Gasteiger partial charge on any atom is 0.354 e. The third-order valence-electron chi connectivity index (χ3n) is 3.38. The molecular weight excluding hydrogens is 331 g/mol. The van der Waals surface area contributed by atoms with Crippen LogP contribution in [0.1, 0.15) is 43.6 Å². The van der Waals surface area contributed by atoms with Crippen LogP contribution in [0.25, 0.3) is 0 Å². The van der Waals surface area contributed by atoms with E-state index in [0.717, 1.165) is 16.4 Å². The van der Waals surface area contributed by atoms with Gasteiger partial charge in [-0.15, -0.1) is 0 Å². The zero-order valence-electron chi connectivity index (χ0n) is 10.1. The zero-order valence-corrected chi connectivity index (χ0v) is 12.2. The summed E-state index contributed by atoms with van der Waals surface area (Å²) >= 11 is 2.16. The van der Waals surface area contributed by atoms with Crippen molar-refractivity contribution in [1.82, 2.24) is 4.68 Å². The van der Waals surface area contributed by atoms with Crippen molar-refractivity contribution in [3.8, 4) is 0 Å². The number of carboxylic acid groups (broad SMARTS) is 1. The summed E-state index contributed by atoms with van der Waals surface area (Å²) in [6.45, 7) is 4.32. The van der Waals surface area contributed by atoms with Gasteiger partial charge < -0.3 is 10.1 Å². The number of hydrogen-bond acceptors (Lipinski definition) is 2. The Labute approximate surface area is 115 Å². The molecule has 0 bridgehead atoms. The van der Waals surface area contributed by atoms with Crippen molar-refractivity contribution in [3.63, 3.8) is 0 Å². The lowest BCUT2D eigenvalue weighted by atomic mass is 10.00. The molecule has 17 heavy (non-hydrogen) atoms. The zero-order chi connectivity index (χ0) is 12.6. The van der Waals surface area contributed by atoms with Crippen LogP contribution >= 0.6 is 22.6 Å². The van der Waals surface area contributed by atoms with Crippen molar-refractivity contribution in [1.29, 1.82) is 0 Å². The average Bonchev–Trinajstić information content (AvgIpc) is 2.60. The first kappa shape index (κ1) is 12.7. The number of carbonyl (C=O) groups is 1. The van der Waals surface area contributed by atoms with Gasteiger partial charge in [-0.25, -0.2) is 4.79 Å². The Hall–Kier alpha value is -0.720. The molecule has 5 heteroatoms. The minimum absolute atomic E-state index is 0.356. The van der Waals surface area contributed by atoms with E-state index in [2.05, 4.69) is 41.4 Å². The van der Waals surface area contributed by atoms with Crippen LogP contribution < -0.4 is 5.01 Å². The number of aromatic nitrogens is 1. The number of piperidine rings is 1. The number of hydrogen-bond donors (Lipinski definition) is 1. The van der Waals surface area contributed by atoms with Gasteiger partial charge in [0.05, 0.1) is 0 Å². The molecule has 1 N–H and O–H groups in total. The molecule has 1 aliphatic heterocycles. The van der Waals surface area contributed by atoms with E-state index in [1.807, 2.05) is 10.9 Å². The van der Waals surface area contributed by atoms with Gasteiger partial charge in [-0.05, 0) is 61.8 Å². The van der Waals surface area contributed by atoms with Crippen LogP contribution in [0.15, 0.2) is 12.3 Å². The van der Waals surface area contributed by atoms with Gasteiger partial charge in [0, 0.05) is 21.9 Å². The molecule has 1 aromatic rings. The predicted molar refractivity (Wildman–Crippen MR) is 75.1 cm³/mol. The van der Waals surface area contributed by atoms with Crippen LogP contribution in [0.3, 0.4) is 0 Å². The summed E-state index contributed by atoms with van der Waals surface area (Å²) in [6.07, 6.45) is 5.37. The second-order valence-electron chi connectivity index (χ2n) is 4.70. The Morgan fingerprint density at radius 1 is 1.41 bits per heavy atom. The standard InChI is InChI=1S/C12H17IN2O2/c1-8-4-3-5-9(2)15(8)14-7-10(13)6-11(14)12(16)17/h6-9H,3-5H2,1-2H3,(H,16,17). The van der Waals surface area contributed by atoms with Crippen molar-refractivity contribution >= 4 is 28.6 Å². The van der Waals surface area contributed by atoms with Crippen molar-refractivity contribution < 1.29 is 9.90 Å². The van der Waals surface area contributed by atoms with Crippen molar-refractivity contribution in [2.45, 2.75) is 45.2 Å². The number of halogens is 1. The van der Waals surface area contributed by atoms with Crippen LogP contribution in [0.5, 0.6) is 0 Å². The molecule has 2 atom stereocenters. The highest BCUT2D eigenvalue weighted by Gasteiger charge is 2.27. The minimum Gasteiger partial charge on any atom is -0.477 e. The van der Waals surface area contributed by atoms with Crippen LogP contribution in [-0.2, 0) is 0 Å². The molecule has 0 amide bonds. The highest BCUT2D eigenvalue weighted by Crippen LogP contribution is 2.23. The maximum absolute atomic E-state index is 11.2. The first-order chi connectivity index (χ1) is 8.00. The van der Waals surface area contributed by atoms with Gasteiger partial charge in [-0.1, -0.05) is 0 Å². The van der Waals surface area contributed by atoms with Crippen molar-refractivity contribution in [2.75, 3.05) is 5.01 Å². The summed E-state index contributed by atoms with van der Waals surface area (Å²) in [5.41, 5.74) is 0.356. The third kappa shape index (κ3) is 2.43. The Balaban J connectivity index is 2.40. The van der Waals surface area contributed by atoms with Crippen LogP contribution in [0.2, 0.25) is 0 Å². The Morgan fingerprint density at radius 3 is 2.53 bits per heavy atom. The average molecular weight is 348 g/mol. The number of nitrogens with zero attached hydrogens (tertiary/aromatic N) is 2. The molecule has 0 saturated carbocycles. The van der Waals surface area contributed by atoms with Gasteiger partial charge in [0.25, 0.3) is 0 Å². The highest BCUT2D eigenvalue weighted by atomic mass is 127. The van der Waals surface area contributed by atoms with Crippen LogP contribution in [0.4, 0.5) is 0 Å². The fourth-order valence-electron chi connectivity index (χ4n) is 2.60. The topological polar surface area (TPSA) is 45.5 Å². The molecule has 4 nitrogen and oxygen atoms in total. The summed E-state index contributed by atoms with van der Waals surface area (Å²) in [7, 11) is 0. The first-order valence-electron chi connectivity index (χ1n) is 5.90. The van der Waals surface area contributed by atoms with Gasteiger partial charge in [0.1, 0.15) is 5.69 Å². The monoisotopic (exact) mass is 348 g/mol. The molecule has 0 aromatic carbocycles. The van der Waals surface area contributed by atoms with Crippen LogP contribution in [0, 0.1) is 3.57 Å². The van der Waals surface area contributed by atoms with E-state index in [0.29, 0.717) is 17.8 Å². The molecule has 2 unspecified atom stereocenters. The van der Waals surface area contributed by atoms with E-state index >= 15 is 0 Å². The number of aromatic carboxylic acids is 1. The second kappa shape index (κ2) is 4.88. The molecule has 1 saturated heterocycles. The molecule has 0 spiro atoms. The van der Waals surface area contributed by atoms with E-state index in [1.165, 1.54) is 6.42 Å². The normalized spacial score (nSPS) is 25.0. The Morgan fingerprint density at radius 2 is 2.00 bits per heavy atom. The van der Waals surface area contributed by atoms with Crippen molar-refractivity contribution in [2.24, 2.45) is 0 Å². The van der Waals surface area contributed by atoms with Gasteiger partial charge >= 0.3 is 5.97 Å². The lowest BCUT2D eigenvalue weighted by Gasteiger charge is -2.41. The lowest BCUT2D eigenvalue weighted by molar-refractivity contribution is 0.0682. The van der Waals surface area contributed by atoms with E-state index in [1.54, 1.807) is 6.07 Å². The van der Waals surface area contributed by atoms with E-state index in [-0.39, 0.29) is 0 Å². The quantitative estimate of drug-likeness (QED) is 0.836. The Bertz CT molecular complexity index is 420. The minimum atomic E-state index is -0.863. The van der Waals surface area contributed by atoms with E-state index in [4.69, 9.17) is 0 Å². The SMILES string of the molecule is CC1CCCC(C)N1n1cc(I)cc1C(=O)O. The fourth-order valence-corrected chi connectivity index (χ4v) is 3.16. The van der Waals surface area contributed by atoms with Crippen molar-refractivity contribution in [3.05, 3.63) is 21.5 Å². The molecule has 2 rings (SSSR count). The smallest absolute Gasteiger partial charge is 0.354 e. The summed E-state index contributed by atoms with van der Waals surface area (Å²) < 4.78 is 2.78. The molecule has 94 valence electrons. The predicted octanol–water partition coefficient (Wildman–Crippen LogP) is 2.69. The lowest BCUT2D eigenvalue weighted by Crippen LogP contribution is -2.51.